The quantitative estimate of drug-likeness (QED) is 0.311. The van der Waals surface area contributed by atoms with E-state index in [1.165, 1.54) is 0 Å². The first-order chi connectivity index (χ1) is 17.0. The summed E-state index contributed by atoms with van der Waals surface area (Å²) >= 11 is 0. The Bertz CT molecular complexity index is 1330. The van der Waals surface area contributed by atoms with Crippen molar-refractivity contribution in [2.45, 2.75) is 13.3 Å². The van der Waals surface area contributed by atoms with Gasteiger partial charge in [0, 0.05) is 34.0 Å². The van der Waals surface area contributed by atoms with E-state index in [-0.39, 0.29) is 12.3 Å². The zero-order valence-electron chi connectivity index (χ0n) is 19.2. The van der Waals surface area contributed by atoms with Gasteiger partial charge in [0.1, 0.15) is 5.75 Å². The van der Waals surface area contributed by atoms with Gasteiger partial charge in [-0.2, -0.15) is 0 Å². The maximum atomic E-state index is 12.5. The van der Waals surface area contributed by atoms with Crippen molar-refractivity contribution in [1.29, 1.82) is 0 Å². The van der Waals surface area contributed by atoms with Crippen LogP contribution in [0.3, 0.4) is 0 Å². The number of amides is 2. The van der Waals surface area contributed by atoms with Crippen LogP contribution in [0.4, 0.5) is 11.4 Å². The standard InChI is InChI=1S/C27H25N3O5/c1-2-34-22-13-11-21(12-14-22)30-27(33)18-7-9-20(10-8-18)29-25(31)17-35-26(32)15-19-16-28-24-6-4-3-5-23(19)24/h3-14,16,28H,2,15,17H2,1H3,(H,29,31)(H,30,33). The topological polar surface area (TPSA) is 110 Å². The van der Waals surface area contributed by atoms with Gasteiger partial charge in [-0.25, -0.2) is 0 Å². The van der Waals surface area contributed by atoms with Gasteiger partial charge in [-0.1, -0.05) is 18.2 Å². The summed E-state index contributed by atoms with van der Waals surface area (Å²) < 4.78 is 10.5. The molecular weight excluding hydrogens is 446 g/mol. The van der Waals surface area contributed by atoms with E-state index in [0.29, 0.717) is 23.5 Å². The molecule has 0 radical (unpaired) electrons. The third kappa shape index (κ3) is 6.26. The monoisotopic (exact) mass is 471 g/mol. The van der Waals surface area contributed by atoms with Crippen LogP contribution in [0.2, 0.25) is 0 Å². The van der Waals surface area contributed by atoms with Gasteiger partial charge in [-0.15, -0.1) is 0 Å². The Morgan fingerprint density at radius 1 is 0.857 bits per heavy atom. The molecule has 3 N–H and O–H groups in total. The van der Waals surface area contributed by atoms with Crippen LogP contribution in [0.1, 0.15) is 22.8 Å². The fourth-order valence-corrected chi connectivity index (χ4v) is 3.54. The molecule has 2 amide bonds. The molecule has 0 atom stereocenters. The molecule has 0 saturated carbocycles. The number of aromatic nitrogens is 1. The highest BCUT2D eigenvalue weighted by molar-refractivity contribution is 6.04. The predicted octanol–water partition coefficient (Wildman–Crippen LogP) is 4.54. The number of H-pyrrole nitrogens is 1. The Kier molecular flexibility index (Phi) is 7.42. The highest BCUT2D eigenvalue weighted by atomic mass is 16.5. The minimum atomic E-state index is -0.494. The van der Waals surface area contributed by atoms with Crippen molar-refractivity contribution >= 4 is 40.1 Å². The number of nitrogens with one attached hydrogen (secondary N) is 3. The lowest BCUT2D eigenvalue weighted by molar-refractivity contribution is -0.146. The van der Waals surface area contributed by atoms with Crippen molar-refractivity contribution in [1.82, 2.24) is 4.98 Å². The molecule has 0 bridgehead atoms. The Hall–Kier alpha value is -4.59. The molecule has 1 heterocycles. The Morgan fingerprint density at radius 2 is 1.54 bits per heavy atom. The molecule has 8 heteroatoms. The van der Waals surface area contributed by atoms with E-state index in [1.807, 2.05) is 31.2 Å². The Balaban J connectivity index is 1.24. The number of ether oxygens (including phenoxy) is 2. The number of hydrogen-bond donors (Lipinski definition) is 3. The summed E-state index contributed by atoms with van der Waals surface area (Å²) in [6.07, 6.45) is 1.83. The molecule has 0 unspecified atom stereocenters. The summed E-state index contributed by atoms with van der Waals surface area (Å²) in [5, 5.41) is 6.40. The van der Waals surface area contributed by atoms with Gasteiger partial charge in [0.05, 0.1) is 13.0 Å². The number of anilines is 2. The average Bonchev–Trinajstić information content (AvgIpc) is 3.27. The van der Waals surface area contributed by atoms with E-state index in [4.69, 9.17) is 9.47 Å². The average molecular weight is 472 g/mol. The minimum absolute atomic E-state index is 0.0649. The van der Waals surface area contributed by atoms with Crippen molar-refractivity contribution in [3.8, 4) is 5.75 Å². The van der Waals surface area contributed by atoms with Crippen molar-refractivity contribution in [2.24, 2.45) is 0 Å². The second-order valence-electron chi connectivity index (χ2n) is 7.73. The fraction of sp³-hybridized carbons (Fsp3) is 0.148. The molecule has 0 aliphatic rings. The number of benzene rings is 3. The molecule has 0 spiro atoms. The van der Waals surface area contributed by atoms with E-state index in [2.05, 4.69) is 15.6 Å². The third-order valence-corrected chi connectivity index (χ3v) is 5.23. The van der Waals surface area contributed by atoms with Gasteiger partial charge in [0.2, 0.25) is 0 Å². The van der Waals surface area contributed by atoms with Crippen molar-refractivity contribution < 1.29 is 23.9 Å². The normalized spacial score (nSPS) is 10.5. The maximum absolute atomic E-state index is 12.5. The van der Waals surface area contributed by atoms with Gasteiger partial charge >= 0.3 is 5.97 Å². The predicted molar refractivity (Wildman–Crippen MR) is 134 cm³/mol. The number of aromatic amines is 1. The van der Waals surface area contributed by atoms with Crippen molar-refractivity contribution in [3.05, 3.63) is 90.1 Å². The highest BCUT2D eigenvalue weighted by Crippen LogP contribution is 2.19. The number of esters is 1. The molecule has 0 saturated heterocycles. The lowest BCUT2D eigenvalue weighted by Crippen LogP contribution is -2.21. The zero-order chi connectivity index (χ0) is 24.6. The molecule has 178 valence electrons. The van der Waals surface area contributed by atoms with Crippen LogP contribution in [0, 0.1) is 0 Å². The molecule has 3 aromatic carbocycles. The first kappa shape index (κ1) is 23.6. The van der Waals surface area contributed by atoms with E-state index in [9.17, 15) is 14.4 Å². The molecule has 4 rings (SSSR count). The molecule has 4 aromatic rings. The smallest absolute Gasteiger partial charge is 0.310 e. The lowest BCUT2D eigenvalue weighted by atomic mass is 10.1. The van der Waals surface area contributed by atoms with Gasteiger partial charge in [-0.3, -0.25) is 14.4 Å². The molecular formula is C27H25N3O5. The molecule has 35 heavy (non-hydrogen) atoms. The van der Waals surface area contributed by atoms with Crippen LogP contribution in [-0.4, -0.2) is 36.0 Å². The molecule has 0 fully saturated rings. The highest BCUT2D eigenvalue weighted by Gasteiger charge is 2.12. The number of hydrogen-bond acceptors (Lipinski definition) is 5. The summed E-state index contributed by atoms with van der Waals surface area (Å²) in [6, 6.07) is 21.2. The fourth-order valence-electron chi connectivity index (χ4n) is 3.54. The van der Waals surface area contributed by atoms with Crippen LogP contribution in [0.5, 0.6) is 5.75 Å². The molecule has 0 aliphatic carbocycles. The van der Waals surface area contributed by atoms with E-state index >= 15 is 0 Å². The second kappa shape index (κ2) is 11.0. The lowest BCUT2D eigenvalue weighted by Gasteiger charge is -2.09. The summed E-state index contributed by atoms with van der Waals surface area (Å²) in [5.41, 5.74) is 3.31. The van der Waals surface area contributed by atoms with Crippen LogP contribution < -0.4 is 15.4 Å². The van der Waals surface area contributed by atoms with E-state index < -0.39 is 18.5 Å². The second-order valence-corrected chi connectivity index (χ2v) is 7.73. The van der Waals surface area contributed by atoms with Crippen molar-refractivity contribution in [3.63, 3.8) is 0 Å². The number of fused-ring (bicyclic) bond motifs is 1. The van der Waals surface area contributed by atoms with Gasteiger partial charge < -0.3 is 25.1 Å². The Labute approximate surface area is 202 Å². The first-order valence-corrected chi connectivity index (χ1v) is 11.2. The van der Waals surface area contributed by atoms with E-state index in [1.54, 1.807) is 54.7 Å². The third-order valence-electron chi connectivity index (χ3n) is 5.23. The summed E-state index contributed by atoms with van der Waals surface area (Å²) in [6.45, 7) is 2.07. The van der Waals surface area contributed by atoms with Gasteiger partial charge in [0.25, 0.3) is 11.8 Å². The van der Waals surface area contributed by atoms with Crippen LogP contribution in [0.25, 0.3) is 10.9 Å². The first-order valence-electron chi connectivity index (χ1n) is 11.2. The van der Waals surface area contributed by atoms with E-state index in [0.717, 1.165) is 22.2 Å². The summed E-state index contributed by atoms with van der Waals surface area (Å²) in [7, 11) is 0. The van der Waals surface area contributed by atoms with Crippen molar-refractivity contribution in [2.75, 3.05) is 23.8 Å². The van der Waals surface area contributed by atoms with Gasteiger partial charge in [0.15, 0.2) is 6.61 Å². The molecule has 0 aliphatic heterocycles. The number of para-hydroxylation sites is 1. The maximum Gasteiger partial charge on any atom is 0.310 e. The summed E-state index contributed by atoms with van der Waals surface area (Å²) in [5.74, 6) is -0.512. The molecule has 1 aromatic heterocycles. The van der Waals surface area contributed by atoms with Crippen LogP contribution >= 0.6 is 0 Å². The zero-order valence-corrected chi connectivity index (χ0v) is 19.2. The number of carbonyl (C=O) groups is 3. The molecule has 8 nitrogen and oxygen atoms in total. The van der Waals surface area contributed by atoms with Gasteiger partial charge in [-0.05, 0) is 67.1 Å². The summed E-state index contributed by atoms with van der Waals surface area (Å²) in [4.78, 5) is 39.9. The Morgan fingerprint density at radius 3 is 2.29 bits per heavy atom. The number of carbonyl (C=O) groups excluding carboxylic acids is 3. The largest absolute Gasteiger partial charge is 0.494 e. The SMILES string of the molecule is CCOc1ccc(NC(=O)c2ccc(NC(=O)COC(=O)Cc3c[nH]c4ccccc34)cc2)cc1. The van der Waals surface area contributed by atoms with Crippen LogP contribution in [-0.2, 0) is 20.7 Å². The number of rotatable bonds is 9. The van der Waals surface area contributed by atoms with Crippen LogP contribution in [0.15, 0.2) is 79.0 Å². The minimum Gasteiger partial charge on any atom is -0.494 e.